The van der Waals surface area contributed by atoms with Crippen LogP contribution in [0.4, 0.5) is 14.5 Å². The van der Waals surface area contributed by atoms with Gasteiger partial charge in [0.2, 0.25) is 5.91 Å². The second-order valence-corrected chi connectivity index (χ2v) is 5.15. The van der Waals surface area contributed by atoms with E-state index in [0.29, 0.717) is 12.8 Å². The molecule has 19 heavy (non-hydrogen) atoms. The molecule has 2 rings (SSSR count). The van der Waals surface area contributed by atoms with Crippen LogP contribution in [0.25, 0.3) is 0 Å². The summed E-state index contributed by atoms with van der Waals surface area (Å²) in [5.41, 5.74) is 4.53. The first-order chi connectivity index (χ1) is 8.97. The molecule has 1 aliphatic carbocycles. The van der Waals surface area contributed by atoms with Gasteiger partial charge in [-0.1, -0.05) is 31.1 Å². The van der Waals surface area contributed by atoms with Crippen molar-refractivity contribution in [1.29, 1.82) is 0 Å². The minimum absolute atomic E-state index is 0.110. The van der Waals surface area contributed by atoms with Gasteiger partial charge >= 0.3 is 0 Å². The molecule has 0 aromatic heterocycles. The largest absolute Gasteiger partial charge is 0.392 e. The van der Waals surface area contributed by atoms with Crippen molar-refractivity contribution >= 4 is 28.8 Å². The molecule has 0 radical (unpaired) electrons. The van der Waals surface area contributed by atoms with E-state index in [1.807, 2.05) is 0 Å². The lowest BCUT2D eigenvalue weighted by atomic mass is 9.85. The molecule has 6 heteroatoms. The summed E-state index contributed by atoms with van der Waals surface area (Å²) in [6.45, 7) is 0. The van der Waals surface area contributed by atoms with Crippen molar-refractivity contribution in [3.05, 3.63) is 29.8 Å². The fourth-order valence-electron chi connectivity index (χ4n) is 2.41. The Balaban J connectivity index is 2.25. The molecule has 3 nitrogen and oxygen atoms in total. The van der Waals surface area contributed by atoms with E-state index in [0.717, 1.165) is 18.9 Å². The minimum Gasteiger partial charge on any atom is -0.392 e. The molecule has 0 aliphatic heterocycles. The highest BCUT2D eigenvalue weighted by atomic mass is 32.1. The number of carbonyl (C=O) groups is 1. The van der Waals surface area contributed by atoms with Crippen LogP contribution in [0.3, 0.4) is 0 Å². The van der Waals surface area contributed by atoms with Crippen LogP contribution in [0.5, 0.6) is 0 Å². The van der Waals surface area contributed by atoms with Crippen molar-refractivity contribution in [2.24, 2.45) is 11.1 Å². The second-order valence-electron chi connectivity index (χ2n) is 4.71. The Labute approximate surface area is 115 Å². The maximum absolute atomic E-state index is 13.5. The molecule has 0 heterocycles. The lowest BCUT2D eigenvalue weighted by molar-refractivity contribution is -0.122. The molecule has 3 N–H and O–H groups in total. The van der Waals surface area contributed by atoms with Crippen molar-refractivity contribution in [2.75, 3.05) is 5.32 Å². The number of hydrogen-bond acceptors (Lipinski definition) is 2. The van der Waals surface area contributed by atoms with Gasteiger partial charge in [-0.25, -0.2) is 8.78 Å². The summed E-state index contributed by atoms with van der Waals surface area (Å²) in [4.78, 5) is 12.4. The third-order valence-electron chi connectivity index (χ3n) is 3.56. The monoisotopic (exact) mass is 284 g/mol. The Morgan fingerprint density at radius 3 is 2.53 bits per heavy atom. The lowest BCUT2D eigenvalue weighted by Crippen LogP contribution is -2.44. The summed E-state index contributed by atoms with van der Waals surface area (Å²) in [6.07, 6.45) is 2.78. The third kappa shape index (κ3) is 2.45. The zero-order chi connectivity index (χ0) is 14.0. The smallest absolute Gasteiger partial charge is 0.237 e. The SMILES string of the molecule is NC(=S)C1(C(=O)Nc2cccc(F)c2F)CCCC1. The van der Waals surface area contributed by atoms with Gasteiger partial charge in [-0.2, -0.15) is 0 Å². The van der Waals surface area contributed by atoms with Crippen LogP contribution in [-0.4, -0.2) is 10.9 Å². The molecule has 0 atom stereocenters. The Morgan fingerprint density at radius 1 is 1.32 bits per heavy atom. The van der Waals surface area contributed by atoms with Crippen LogP contribution in [0.2, 0.25) is 0 Å². The van der Waals surface area contributed by atoms with Gasteiger partial charge in [-0.05, 0) is 25.0 Å². The van der Waals surface area contributed by atoms with E-state index >= 15 is 0 Å². The van der Waals surface area contributed by atoms with Crippen LogP contribution in [0, 0.1) is 17.0 Å². The van der Waals surface area contributed by atoms with Gasteiger partial charge in [0.05, 0.1) is 16.1 Å². The van der Waals surface area contributed by atoms with Gasteiger partial charge in [0.1, 0.15) is 0 Å². The Kier molecular flexibility index (Phi) is 3.80. The van der Waals surface area contributed by atoms with Crippen molar-refractivity contribution in [2.45, 2.75) is 25.7 Å². The minimum atomic E-state index is -1.08. The van der Waals surface area contributed by atoms with Crippen LogP contribution in [0.1, 0.15) is 25.7 Å². The zero-order valence-electron chi connectivity index (χ0n) is 10.2. The van der Waals surface area contributed by atoms with Gasteiger partial charge in [0.15, 0.2) is 11.6 Å². The van der Waals surface area contributed by atoms with E-state index in [2.05, 4.69) is 5.32 Å². The fraction of sp³-hybridized carbons (Fsp3) is 0.385. The summed E-state index contributed by atoms with van der Waals surface area (Å²) < 4.78 is 26.6. The summed E-state index contributed by atoms with van der Waals surface area (Å²) in [7, 11) is 0. The molecule has 1 saturated carbocycles. The Hall–Kier alpha value is -1.56. The van der Waals surface area contributed by atoms with Gasteiger partial charge < -0.3 is 11.1 Å². The molecule has 1 aromatic carbocycles. The van der Waals surface area contributed by atoms with E-state index in [1.165, 1.54) is 12.1 Å². The van der Waals surface area contributed by atoms with E-state index in [1.54, 1.807) is 0 Å². The van der Waals surface area contributed by atoms with E-state index in [4.69, 9.17) is 18.0 Å². The van der Waals surface area contributed by atoms with Crippen LogP contribution in [-0.2, 0) is 4.79 Å². The predicted octanol–water partition coefficient (Wildman–Crippen LogP) is 2.75. The van der Waals surface area contributed by atoms with Crippen LogP contribution < -0.4 is 11.1 Å². The third-order valence-corrected chi connectivity index (χ3v) is 3.95. The standard InChI is InChI=1S/C13H14F2N2OS/c14-8-4-3-5-9(10(8)15)17-12(18)13(11(16)19)6-1-2-7-13/h3-5H,1-2,6-7H2,(H2,16,19)(H,17,18). The molecule has 0 unspecified atom stereocenters. The molecule has 0 spiro atoms. The van der Waals surface area contributed by atoms with Crippen molar-refractivity contribution in [1.82, 2.24) is 0 Å². The first-order valence-electron chi connectivity index (χ1n) is 6.03. The number of hydrogen-bond donors (Lipinski definition) is 2. The molecule has 102 valence electrons. The van der Waals surface area contributed by atoms with E-state index in [9.17, 15) is 13.6 Å². The number of halogens is 2. The normalized spacial score (nSPS) is 17.2. The van der Waals surface area contributed by atoms with Crippen molar-refractivity contribution < 1.29 is 13.6 Å². The first-order valence-corrected chi connectivity index (χ1v) is 6.43. The molecule has 0 bridgehead atoms. The molecule has 0 saturated heterocycles. The number of nitrogens with two attached hydrogens (primary N) is 1. The number of anilines is 1. The van der Waals surface area contributed by atoms with Gasteiger partial charge in [-0.15, -0.1) is 0 Å². The quantitative estimate of drug-likeness (QED) is 0.839. The molecule has 1 aromatic rings. The number of carbonyl (C=O) groups excluding carboxylic acids is 1. The zero-order valence-corrected chi connectivity index (χ0v) is 11.0. The summed E-state index contributed by atoms with van der Waals surface area (Å²) in [6, 6.07) is 3.62. The molecule has 1 amide bonds. The van der Waals surface area contributed by atoms with Gasteiger partial charge in [0.25, 0.3) is 0 Å². The number of thiocarbonyl (C=S) groups is 1. The maximum atomic E-state index is 13.5. The topological polar surface area (TPSA) is 55.1 Å². The van der Waals surface area contributed by atoms with Crippen LogP contribution in [0.15, 0.2) is 18.2 Å². The highest BCUT2D eigenvalue weighted by Crippen LogP contribution is 2.39. The average Bonchev–Trinajstić information content (AvgIpc) is 2.85. The molecule has 1 aliphatic rings. The Morgan fingerprint density at radius 2 is 1.95 bits per heavy atom. The van der Waals surface area contributed by atoms with Crippen molar-refractivity contribution in [3.63, 3.8) is 0 Å². The van der Waals surface area contributed by atoms with Gasteiger partial charge in [-0.3, -0.25) is 4.79 Å². The summed E-state index contributed by atoms with van der Waals surface area (Å²) in [5.74, 6) is -2.54. The first kappa shape index (κ1) is 13.9. The predicted molar refractivity (Wildman–Crippen MR) is 72.7 cm³/mol. The summed E-state index contributed by atoms with van der Waals surface area (Å²) in [5, 5.41) is 2.39. The number of benzene rings is 1. The molecular weight excluding hydrogens is 270 g/mol. The molecular formula is C13H14F2N2OS. The lowest BCUT2D eigenvalue weighted by Gasteiger charge is -2.26. The highest BCUT2D eigenvalue weighted by Gasteiger charge is 2.44. The number of rotatable bonds is 3. The average molecular weight is 284 g/mol. The van der Waals surface area contributed by atoms with Gasteiger partial charge in [0, 0.05) is 0 Å². The maximum Gasteiger partial charge on any atom is 0.237 e. The van der Waals surface area contributed by atoms with Crippen molar-refractivity contribution in [3.8, 4) is 0 Å². The van der Waals surface area contributed by atoms with E-state index < -0.39 is 23.0 Å². The second kappa shape index (κ2) is 5.21. The fourth-order valence-corrected chi connectivity index (χ4v) is 2.70. The number of amides is 1. The molecule has 1 fully saturated rings. The summed E-state index contributed by atoms with van der Waals surface area (Å²) >= 11 is 4.97. The van der Waals surface area contributed by atoms with E-state index in [-0.39, 0.29) is 10.7 Å². The highest BCUT2D eigenvalue weighted by molar-refractivity contribution is 7.80. The number of nitrogens with one attached hydrogen (secondary N) is 1. The Bertz CT molecular complexity index is 527. The van der Waals surface area contributed by atoms with Crippen LogP contribution >= 0.6 is 12.2 Å².